The second-order valence-corrected chi connectivity index (χ2v) is 14.2. The van der Waals surface area contributed by atoms with Gasteiger partial charge in [-0.15, -0.1) is 0 Å². The number of hydrogen-bond donors (Lipinski definition) is 1. The number of nitrogens with two attached hydrogens (primary N) is 1. The van der Waals surface area contributed by atoms with Crippen molar-refractivity contribution in [3.63, 3.8) is 0 Å². The second-order valence-electron chi connectivity index (χ2n) is 13.1. The Morgan fingerprint density at radius 1 is 0.431 bits per heavy atom. The minimum absolute atomic E-state index is 0.527. The zero-order valence-corrected chi connectivity index (χ0v) is 28.4. The van der Waals surface area contributed by atoms with Gasteiger partial charge < -0.3 is 5.73 Å². The Balaban J connectivity index is 1.27. The first-order chi connectivity index (χ1) is 25.2. The first-order valence-corrected chi connectivity index (χ1v) is 18.0. The third kappa shape index (κ3) is 4.53. The SMILES string of the molecule is Nc1ccc(-c2cccc3c2-c2ccccc2C32c3ccccc3Sc3c(-c4cc(-c5ccccc5)nc(-c5ccccc5)n4)cccc32)cc1. The molecule has 0 radical (unpaired) electrons. The number of rotatable bonds is 4. The molecular formula is C47H31N3S. The second kappa shape index (κ2) is 11.7. The van der Waals surface area contributed by atoms with Gasteiger partial charge in [0, 0.05) is 32.2 Å². The number of anilines is 1. The summed E-state index contributed by atoms with van der Waals surface area (Å²) >= 11 is 1.85. The number of benzene rings is 7. The maximum Gasteiger partial charge on any atom is 0.160 e. The summed E-state index contributed by atoms with van der Waals surface area (Å²) in [5, 5.41) is 0. The van der Waals surface area contributed by atoms with E-state index < -0.39 is 5.41 Å². The van der Waals surface area contributed by atoms with Crippen molar-refractivity contribution in [1.82, 2.24) is 9.97 Å². The van der Waals surface area contributed by atoms with Gasteiger partial charge in [-0.3, -0.25) is 0 Å². The molecule has 1 unspecified atom stereocenters. The fourth-order valence-electron chi connectivity index (χ4n) is 8.13. The van der Waals surface area contributed by atoms with Crippen LogP contribution in [-0.2, 0) is 5.41 Å². The zero-order chi connectivity index (χ0) is 33.9. The molecule has 7 aromatic carbocycles. The third-order valence-electron chi connectivity index (χ3n) is 10.3. The molecule has 3 nitrogen and oxygen atoms in total. The minimum atomic E-state index is -0.527. The van der Waals surface area contributed by atoms with E-state index >= 15 is 0 Å². The van der Waals surface area contributed by atoms with Gasteiger partial charge >= 0.3 is 0 Å². The van der Waals surface area contributed by atoms with E-state index in [2.05, 4.69) is 140 Å². The molecule has 0 bridgehead atoms. The van der Waals surface area contributed by atoms with E-state index in [-0.39, 0.29) is 0 Å². The average Bonchev–Trinajstić information content (AvgIpc) is 3.49. The summed E-state index contributed by atoms with van der Waals surface area (Å²) in [6.07, 6.45) is 0. The van der Waals surface area contributed by atoms with Gasteiger partial charge in [0.05, 0.1) is 16.8 Å². The molecule has 2 aliphatic rings. The van der Waals surface area contributed by atoms with Gasteiger partial charge in [0.1, 0.15) is 0 Å². The third-order valence-corrected chi connectivity index (χ3v) is 11.5. The molecule has 2 heterocycles. The molecule has 4 heteroatoms. The lowest BCUT2D eigenvalue weighted by molar-refractivity contribution is 0.723. The van der Waals surface area contributed by atoms with E-state index in [4.69, 9.17) is 15.7 Å². The van der Waals surface area contributed by atoms with Crippen molar-refractivity contribution in [2.24, 2.45) is 0 Å². The fraction of sp³-hybridized carbons (Fsp3) is 0.0213. The zero-order valence-electron chi connectivity index (χ0n) is 27.6. The summed E-state index contributed by atoms with van der Waals surface area (Å²) in [6, 6.07) is 62.6. The van der Waals surface area contributed by atoms with Crippen molar-refractivity contribution < 1.29 is 0 Å². The van der Waals surface area contributed by atoms with E-state index in [0.29, 0.717) is 5.82 Å². The minimum Gasteiger partial charge on any atom is -0.399 e. The lowest BCUT2D eigenvalue weighted by atomic mass is 9.67. The molecule has 1 aliphatic heterocycles. The van der Waals surface area contributed by atoms with E-state index in [9.17, 15) is 0 Å². The molecule has 0 saturated carbocycles. The van der Waals surface area contributed by atoms with Gasteiger partial charge in [-0.25, -0.2) is 9.97 Å². The monoisotopic (exact) mass is 669 g/mol. The summed E-state index contributed by atoms with van der Waals surface area (Å²) in [4.78, 5) is 12.9. The highest BCUT2D eigenvalue weighted by molar-refractivity contribution is 7.99. The van der Waals surface area contributed by atoms with Crippen LogP contribution in [0.15, 0.2) is 186 Å². The van der Waals surface area contributed by atoms with Crippen LogP contribution in [0.1, 0.15) is 22.3 Å². The van der Waals surface area contributed by atoms with Crippen LogP contribution in [0.5, 0.6) is 0 Å². The molecule has 1 aliphatic carbocycles. The summed E-state index contributed by atoms with van der Waals surface area (Å²) < 4.78 is 0. The highest BCUT2D eigenvalue weighted by atomic mass is 32.2. The molecule has 0 amide bonds. The van der Waals surface area contributed by atoms with Crippen LogP contribution < -0.4 is 5.73 Å². The largest absolute Gasteiger partial charge is 0.399 e. The van der Waals surface area contributed by atoms with Crippen molar-refractivity contribution in [3.05, 3.63) is 198 Å². The Morgan fingerprint density at radius 3 is 1.80 bits per heavy atom. The topological polar surface area (TPSA) is 51.8 Å². The van der Waals surface area contributed by atoms with Crippen LogP contribution in [0, 0.1) is 0 Å². The normalized spacial score (nSPS) is 15.1. The molecule has 1 spiro atoms. The van der Waals surface area contributed by atoms with Crippen molar-refractivity contribution in [1.29, 1.82) is 0 Å². The first-order valence-electron chi connectivity index (χ1n) is 17.2. The highest BCUT2D eigenvalue weighted by Gasteiger charge is 2.51. The molecule has 51 heavy (non-hydrogen) atoms. The molecule has 8 aromatic rings. The summed E-state index contributed by atoms with van der Waals surface area (Å²) in [5.74, 6) is 0.713. The van der Waals surface area contributed by atoms with Crippen molar-refractivity contribution >= 4 is 17.4 Å². The van der Waals surface area contributed by atoms with Gasteiger partial charge in [0.2, 0.25) is 0 Å². The number of hydrogen-bond acceptors (Lipinski definition) is 4. The van der Waals surface area contributed by atoms with E-state index in [1.165, 1.54) is 48.7 Å². The molecule has 240 valence electrons. The summed E-state index contributed by atoms with van der Waals surface area (Å²) in [7, 11) is 0. The Hall–Kier alpha value is -6.23. The van der Waals surface area contributed by atoms with Gasteiger partial charge in [-0.1, -0.05) is 163 Å². The van der Waals surface area contributed by atoms with Crippen molar-refractivity contribution in [2.45, 2.75) is 15.2 Å². The van der Waals surface area contributed by atoms with Gasteiger partial charge in [-0.05, 0) is 68.8 Å². The van der Waals surface area contributed by atoms with Crippen LogP contribution in [0.3, 0.4) is 0 Å². The molecule has 0 fully saturated rings. The average molecular weight is 670 g/mol. The predicted molar refractivity (Wildman–Crippen MR) is 210 cm³/mol. The van der Waals surface area contributed by atoms with Crippen LogP contribution in [0.2, 0.25) is 0 Å². The maximum atomic E-state index is 6.15. The fourth-order valence-corrected chi connectivity index (χ4v) is 9.45. The number of nitrogen functional groups attached to an aromatic ring is 1. The number of aromatic nitrogens is 2. The number of fused-ring (bicyclic) bond motifs is 9. The van der Waals surface area contributed by atoms with Crippen molar-refractivity contribution in [3.8, 4) is 56.2 Å². The lowest BCUT2D eigenvalue weighted by Gasteiger charge is -2.40. The maximum absolute atomic E-state index is 6.15. The van der Waals surface area contributed by atoms with Gasteiger partial charge in [0.15, 0.2) is 5.82 Å². The van der Waals surface area contributed by atoms with E-state index in [1.807, 2.05) is 48.2 Å². The Labute approximate surface area is 301 Å². The Kier molecular flexibility index (Phi) is 6.80. The first kappa shape index (κ1) is 29.7. The van der Waals surface area contributed by atoms with Gasteiger partial charge in [-0.2, -0.15) is 0 Å². The summed E-state index contributed by atoms with van der Waals surface area (Å²) in [6.45, 7) is 0. The van der Waals surface area contributed by atoms with Crippen molar-refractivity contribution in [2.75, 3.05) is 5.73 Å². The molecule has 0 saturated heterocycles. The smallest absolute Gasteiger partial charge is 0.160 e. The Morgan fingerprint density at radius 2 is 1.02 bits per heavy atom. The molecular weight excluding hydrogens is 639 g/mol. The lowest BCUT2D eigenvalue weighted by Crippen LogP contribution is -2.32. The van der Waals surface area contributed by atoms with Crippen LogP contribution in [0.25, 0.3) is 56.2 Å². The Bertz CT molecular complexity index is 2560. The van der Waals surface area contributed by atoms with Crippen LogP contribution in [-0.4, -0.2) is 9.97 Å². The molecule has 1 atom stereocenters. The molecule has 1 aromatic heterocycles. The molecule has 10 rings (SSSR count). The number of nitrogens with zero attached hydrogens (tertiary/aromatic N) is 2. The van der Waals surface area contributed by atoms with Crippen LogP contribution >= 0.6 is 11.8 Å². The van der Waals surface area contributed by atoms with E-state index in [0.717, 1.165) is 39.3 Å². The van der Waals surface area contributed by atoms with Gasteiger partial charge in [0.25, 0.3) is 0 Å². The highest BCUT2D eigenvalue weighted by Crippen LogP contribution is 2.64. The quantitative estimate of drug-likeness (QED) is 0.190. The predicted octanol–water partition coefficient (Wildman–Crippen LogP) is 11.6. The standard InChI is InChI=1S/C47H31N3S/c48-33-27-25-30(26-28-33)34-18-11-22-39-44(34)35-17-7-8-20-37(35)47(39)38-21-9-10-24-43(38)51-45-36(19-12-23-40(45)47)42-29-41(31-13-3-1-4-14-31)49-46(50-42)32-15-5-2-6-16-32/h1-29H,48H2. The summed E-state index contributed by atoms with van der Waals surface area (Å²) in [5.41, 5.74) is 21.4. The van der Waals surface area contributed by atoms with E-state index in [1.54, 1.807) is 0 Å². The molecule has 2 N–H and O–H groups in total. The van der Waals surface area contributed by atoms with Crippen LogP contribution in [0.4, 0.5) is 5.69 Å².